The average molecular weight is 342 g/mol. The fourth-order valence-corrected chi connectivity index (χ4v) is 5.84. The normalized spacial score (nSPS) is 41.5. The molecule has 114 valence electrons. The van der Waals surface area contributed by atoms with Crippen LogP contribution in [0.4, 0.5) is 0 Å². The lowest BCUT2D eigenvalue weighted by molar-refractivity contribution is -0.138. The summed E-state index contributed by atoms with van der Waals surface area (Å²) in [5.74, 6) is 3.26. The van der Waals surface area contributed by atoms with Gasteiger partial charge in [-0.1, -0.05) is 48.5 Å². The van der Waals surface area contributed by atoms with Gasteiger partial charge in [-0.2, -0.15) is 0 Å². The predicted octanol–water partition coefficient (Wildman–Crippen LogP) is 4.22. The molecule has 3 heteroatoms. The molecule has 0 bridgehead atoms. The van der Waals surface area contributed by atoms with Gasteiger partial charge in [0.15, 0.2) is 0 Å². The zero-order valence-corrected chi connectivity index (χ0v) is 14.3. The van der Waals surface area contributed by atoms with Gasteiger partial charge in [0.25, 0.3) is 0 Å². The summed E-state index contributed by atoms with van der Waals surface area (Å²) in [7, 11) is 0. The van der Waals surface area contributed by atoms with Gasteiger partial charge in [0.2, 0.25) is 5.91 Å². The summed E-state index contributed by atoms with van der Waals surface area (Å²) in [5, 5.41) is 0.943. The third kappa shape index (κ3) is 2.80. The molecule has 2 nitrogen and oxygen atoms in total. The monoisotopic (exact) mass is 341 g/mol. The molecule has 3 rings (SSSR count). The third-order valence-corrected chi connectivity index (χ3v) is 6.88. The van der Waals surface area contributed by atoms with E-state index in [0.29, 0.717) is 23.8 Å². The van der Waals surface area contributed by atoms with E-state index in [0.717, 1.165) is 30.1 Å². The first-order valence-electron chi connectivity index (χ1n) is 8.57. The van der Waals surface area contributed by atoms with E-state index in [4.69, 9.17) is 0 Å². The van der Waals surface area contributed by atoms with Crippen molar-refractivity contribution in [2.75, 3.05) is 11.9 Å². The van der Waals surface area contributed by atoms with Gasteiger partial charge >= 0.3 is 0 Å². The smallest absolute Gasteiger partial charge is 0.225 e. The average Bonchev–Trinajstić information content (AvgIpc) is 2.86. The molecule has 1 saturated heterocycles. The maximum atomic E-state index is 12.9. The fraction of sp³-hybridized carbons (Fsp3) is 0.941. The second-order valence-electron chi connectivity index (χ2n) is 7.33. The van der Waals surface area contributed by atoms with Crippen molar-refractivity contribution < 1.29 is 4.79 Å². The number of rotatable bonds is 2. The van der Waals surface area contributed by atoms with Gasteiger partial charge in [-0.3, -0.25) is 4.79 Å². The van der Waals surface area contributed by atoms with Gasteiger partial charge in [0.05, 0.1) is 0 Å². The first-order chi connectivity index (χ1) is 9.70. The number of carbonyl (C=O) groups excluding carboxylic acids is 1. The number of likely N-dealkylation sites (tertiary alicyclic amines) is 1. The van der Waals surface area contributed by atoms with E-state index in [1.54, 1.807) is 0 Å². The van der Waals surface area contributed by atoms with Crippen molar-refractivity contribution in [1.29, 1.82) is 0 Å². The number of alkyl halides is 1. The van der Waals surface area contributed by atoms with Gasteiger partial charge in [0.1, 0.15) is 0 Å². The van der Waals surface area contributed by atoms with Crippen LogP contribution in [0.25, 0.3) is 0 Å². The first kappa shape index (κ1) is 14.9. The zero-order chi connectivity index (χ0) is 14.1. The standard InChI is InChI=1S/C17H28BrNO/c1-12-8-9-19(16(12)11-18)17(20)15-7-6-13-4-2-3-5-14(13)10-15/h12-16H,2-11H2,1H3. The summed E-state index contributed by atoms with van der Waals surface area (Å²) in [5.41, 5.74) is 0. The van der Waals surface area contributed by atoms with Crippen molar-refractivity contribution in [2.45, 2.75) is 64.3 Å². The second kappa shape index (κ2) is 6.37. The Hall–Kier alpha value is -0.0500. The Morgan fingerprint density at radius 3 is 2.60 bits per heavy atom. The molecule has 5 atom stereocenters. The van der Waals surface area contributed by atoms with E-state index in [2.05, 4.69) is 27.8 Å². The summed E-state index contributed by atoms with van der Waals surface area (Å²) in [6.07, 6.45) is 10.5. The molecule has 0 aromatic carbocycles. The van der Waals surface area contributed by atoms with Gasteiger partial charge < -0.3 is 4.90 Å². The van der Waals surface area contributed by atoms with E-state index < -0.39 is 0 Å². The molecule has 3 aliphatic rings. The topological polar surface area (TPSA) is 20.3 Å². The Morgan fingerprint density at radius 1 is 1.10 bits per heavy atom. The Balaban J connectivity index is 1.63. The van der Waals surface area contributed by atoms with Crippen LogP contribution in [0.15, 0.2) is 0 Å². The van der Waals surface area contributed by atoms with E-state index in [1.807, 2.05) is 0 Å². The SMILES string of the molecule is CC1CCN(C(=O)C2CCC3CCCCC3C2)C1CBr. The number of halogens is 1. The molecule has 1 heterocycles. The highest BCUT2D eigenvalue weighted by atomic mass is 79.9. The lowest BCUT2D eigenvalue weighted by Crippen LogP contribution is -2.44. The molecule has 3 fully saturated rings. The molecule has 0 N–H and O–H groups in total. The number of nitrogens with zero attached hydrogens (tertiary/aromatic N) is 1. The molecule has 0 aromatic rings. The number of carbonyl (C=O) groups is 1. The van der Waals surface area contributed by atoms with Crippen LogP contribution in [0.2, 0.25) is 0 Å². The van der Waals surface area contributed by atoms with Crippen LogP contribution in [0.3, 0.4) is 0 Å². The van der Waals surface area contributed by atoms with Crippen molar-refractivity contribution in [3.63, 3.8) is 0 Å². The van der Waals surface area contributed by atoms with E-state index in [9.17, 15) is 4.79 Å². The largest absolute Gasteiger partial charge is 0.338 e. The maximum Gasteiger partial charge on any atom is 0.225 e. The molecule has 1 amide bonds. The van der Waals surface area contributed by atoms with Crippen molar-refractivity contribution in [1.82, 2.24) is 4.90 Å². The minimum Gasteiger partial charge on any atom is -0.338 e. The summed E-state index contributed by atoms with van der Waals surface area (Å²) in [6, 6.07) is 0.437. The third-order valence-electron chi connectivity index (χ3n) is 6.21. The number of hydrogen-bond acceptors (Lipinski definition) is 1. The first-order valence-corrected chi connectivity index (χ1v) is 9.69. The van der Waals surface area contributed by atoms with Crippen molar-refractivity contribution in [3.05, 3.63) is 0 Å². The van der Waals surface area contributed by atoms with E-state index in [-0.39, 0.29) is 0 Å². The molecule has 2 aliphatic carbocycles. The summed E-state index contributed by atoms with van der Waals surface area (Å²) in [6.45, 7) is 3.28. The van der Waals surface area contributed by atoms with Crippen LogP contribution in [-0.2, 0) is 4.79 Å². The quantitative estimate of drug-likeness (QED) is 0.688. The molecule has 0 aromatic heterocycles. The molecular weight excluding hydrogens is 314 g/mol. The van der Waals surface area contributed by atoms with Crippen molar-refractivity contribution in [2.24, 2.45) is 23.7 Å². The second-order valence-corrected chi connectivity index (χ2v) is 7.98. The lowest BCUT2D eigenvalue weighted by atomic mass is 9.67. The van der Waals surface area contributed by atoms with Crippen LogP contribution >= 0.6 is 15.9 Å². The molecule has 2 saturated carbocycles. The summed E-state index contributed by atoms with van der Waals surface area (Å²) < 4.78 is 0. The fourth-order valence-electron chi connectivity index (χ4n) is 4.85. The zero-order valence-electron chi connectivity index (χ0n) is 12.7. The van der Waals surface area contributed by atoms with Gasteiger partial charge in [-0.05, 0) is 43.4 Å². The van der Waals surface area contributed by atoms with E-state index in [1.165, 1.54) is 44.9 Å². The van der Waals surface area contributed by atoms with Crippen molar-refractivity contribution in [3.8, 4) is 0 Å². The summed E-state index contributed by atoms with van der Waals surface area (Å²) in [4.78, 5) is 15.1. The number of hydrogen-bond donors (Lipinski definition) is 0. The molecule has 0 radical (unpaired) electrons. The highest BCUT2D eigenvalue weighted by Crippen LogP contribution is 2.43. The molecule has 0 spiro atoms. The number of amides is 1. The summed E-state index contributed by atoms with van der Waals surface area (Å²) >= 11 is 3.61. The van der Waals surface area contributed by atoms with Crippen LogP contribution in [0, 0.1) is 23.7 Å². The number of fused-ring (bicyclic) bond motifs is 1. The van der Waals surface area contributed by atoms with Crippen LogP contribution in [0.5, 0.6) is 0 Å². The highest BCUT2D eigenvalue weighted by molar-refractivity contribution is 9.09. The van der Waals surface area contributed by atoms with Crippen LogP contribution in [-0.4, -0.2) is 28.7 Å². The van der Waals surface area contributed by atoms with Crippen LogP contribution in [0.1, 0.15) is 58.3 Å². The van der Waals surface area contributed by atoms with Crippen LogP contribution < -0.4 is 0 Å². The van der Waals surface area contributed by atoms with E-state index >= 15 is 0 Å². The maximum absolute atomic E-state index is 12.9. The predicted molar refractivity (Wildman–Crippen MR) is 85.9 cm³/mol. The Morgan fingerprint density at radius 2 is 1.85 bits per heavy atom. The minimum absolute atomic E-state index is 0.334. The molecule has 20 heavy (non-hydrogen) atoms. The Bertz CT molecular complexity index is 359. The van der Waals surface area contributed by atoms with Gasteiger partial charge in [-0.15, -0.1) is 0 Å². The van der Waals surface area contributed by atoms with Gasteiger partial charge in [0, 0.05) is 23.8 Å². The lowest BCUT2D eigenvalue weighted by Gasteiger charge is -2.40. The molecule has 1 aliphatic heterocycles. The van der Waals surface area contributed by atoms with Crippen molar-refractivity contribution >= 4 is 21.8 Å². The Labute approximate surface area is 131 Å². The minimum atomic E-state index is 0.334. The molecule has 5 unspecified atom stereocenters. The highest BCUT2D eigenvalue weighted by Gasteiger charge is 2.40. The Kier molecular flexibility index (Phi) is 4.74. The van der Waals surface area contributed by atoms with Gasteiger partial charge in [-0.25, -0.2) is 0 Å². The molecular formula is C17H28BrNO.